The van der Waals surface area contributed by atoms with Gasteiger partial charge < -0.3 is 0 Å². The minimum atomic E-state index is -4.47. The van der Waals surface area contributed by atoms with E-state index in [-0.39, 0.29) is 29.4 Å². The predicted molar refractivity (Wildman–Crippen MR) is 110 cm³/mol. The number of benzene rings is 1. The van der Waals surface area contributed by atoms with Crippen molar-refractivity contribution in [1.82, 2.24) is 5.32 Å². The minimum absolute atomic E-state index is 0.0101. The van der Waals surface area contributed by atoms with Crippen molar-refractivity contribution in [2.75, 3.05) is 10.8 Å². The second-order valence-corrected chi connectivity index (χ2v) is 7.92. The SMILES string of the molecule is B=C(CCl)N(c1cccc(C(F)(F)F)c1)C(C(=O)NC1CCCCC1)C(C)C. The van der Waals surface area contributed by atoms with Crippen LogP contribution in [0.4, 0.5) is 18.9 Å². The molecule has 1 amide bonds. The van der Waals surface area contributed by atoms with E-state index in [9.17, 15) is 18.0 Å². The number of carbonyl (C=O) groups excluding carboxylic acids is 1. The Morgan fingerprint density at radius 3 is 2.46 bits per heavy atom. The topological polar surface area (TPSA) is 32.3 Å². The third-order valence-electron chi connectivity index (χ3n) is 5.08. The molecule has 0 aliphatic heterocycles. The molecule has 2 rings (SSSR count). The zero-order chi connectivity index (χ0) is 20.9. The van der Waals surface area contributed by atoms with E-state index in [1.807, 2.05) is 13.8 Å². The summed E-state index contributed by atoms with van der Waals surface area (Å²) in [4.78, 5) is 14.7. The van der Waals surface area contributed by atoms with Crippen LogP contribution in [0.25, 0.3) is 0 Å². The van der Waals surface area contributed by atoms with Crippen molar-refractivity contribution in [3.63, 3.8) is 0 Å². The van der Waals surface area contributed by atoms with Gasteiger partial charge in [-0.1, -0.05) is 0 Å². The van der Waals surface area contributed by atoms with E-state index < -0.39 is 17.8 Å². The number of rotatable bonds is 7. The maximum atomic E-state index is 13.2. The fourth-order valence-electron chi connectivity index (χ4n) is 3.69. The quantitative estimate of drug-likeness (QED) is 0.534. The van der Waals surface area contributed by atoms with Crippen molar-refractivity contribution in [2.45, 2.75) is 64.2 Å². The first-order chi connectivity index (χ1) is 13.1. The monoisotopic (exact) mass is 414 g/mol. The van der Waals surface area contributed by atoms with Gasteiger partial charge in [0, 0.05) is 0 Å². The Morgan fingerprint density at radius 2 is 1.93 bits per heavy atom. The number of hydrogen-bond acceptors (Lipinski definition) is 2. The maximum absolute atomic E-state index is 13.2. The van der Waals surface area contributed by atoms with Crippen molar-refractivity contribution in [3.8, 4) is 0 Å². The first kappa shape index (κ1) is 22.8. The number of carbonyl (C=O) groups is 1. The summed E-state index contributed by atoms with van der Waals surface area (Å²) in [6.07, 6.45) is 0.695. The Kier molecular flexibility index (Phi) is 7.99. The number of anilines is 1. The standard InChI is InChI=1S/C20H27BClF3N2O/c1-13(2)18(19(28)26-15-8-4-3-5-9-15)27(17(21)12-22)16-10-6-7-14(11-16)20(23,24)25/h6-7,10-11,13,15,18,21H,3-5,8-9,12H2,1-2H3,(H,26,28). The van der Waals surface area contributed by atoms with Crippen LogP contribution in [-0.2, 0) is 11.0 Å². The third-order valence-corrected chi connectivity index (χ3v) is 5.38. The van der Waals surface area contributed by atoms with Crippen LogP contribution in [0.2, 0.25) is 0 Å². The van der Waals surface area contributed by atoms with Gasteiger partial charge in [-0.05, 0) is 0 Å². The summed E-state index contributed by atoms with van der Waals surface area (Å²) in [5, 5.41) is 3.09. The van der Waals surface area contributed by atoms with E-state index in [1.165, 1.54) is 12.5 Å². The molecule has 8 heteroatoms. The number of alkyl halides is 4. The molecule has 1 saturated carbocycles. The predicted octanol–water partition coefficient (Wildman–Crippen LogP) is 4.25. The number of halogens is 4. The van der Waals surface area contributed by atoms with Crippen molar-refractivity contribution in [3.05, 3.63) is 29.8 Å². The number of hydrogen-bond donors (Lipinski definition) is 1. The summed E-state index contributed by atoms with van der Waals surface area (Å²) in [6.45, 7) is 3.74. The van der Waals surface area contributed by atoms with E-state index in [1.54, 1.807) is 11.0 Å². The molecule has 0 spiro atoms. The summed E-state index contributed by atoms with van der Waals surface area (Å²) in [5.74, 6) is -0.348. The molecule has 0 bridgehead atoms. The second kappa shape index (κ2) is 9.81. The average molecular weight is 415 g/mol. The van der Waals surface area contributed by atoms with Gasteiger partial charge in [-0.15, -0.1) is 0 Å². The molecule has 1 unspecified atom stereocenters. The molecule has 0 radical (unpaired) electrons. The molecule has 1 atom stereocenters. The molecule has 0 saturated heterocycles. The van der Waals surface area contributed by atoms with Crippen LogP contribution in [0, 0.1) is 5.92 Å². The Labute approximate surface area is 170 Å². The summed E-state index contributed by atoms with van der Waals surface area (Å²) in [6, 6.07) is 4.35. The molecule has 28 heavy (non-hydrogen) atoms. The van der Waals surface area contributed by atoms with Gasteiger partial charge >= 0.3 is 170 Å². The molecule has 3 nitrogen and oxygen atoms in total. The van der Waals surface area contributed by atoms with Crippen molar-refractivity contribution >= 4 is 36.3 Å². The normalized spacial score (nSPS) is 16.6. The van der Waals surface area contributed by atoms with Gasteiger partial charge in [0.25, 0.3) is 0 Å². The van der Waals surface area contributed by atoms with Crippen molar-refractivity contribution in [2.24, 2.45) is 5.92 Å². The fourth-order valence-corrected chi connectivity index (χ4v) is 3.82. The molecule has 0 heterocycles. The number of amides is 1. The second-order valence-electron chi connectivity index (χ2n) is 7.65. The van der Waals surface area contributed by atoms with Crippen LogP contribution in [0.15, 0.2) is 24.3 Å². The number of nitrogens with zero attached hydrogens (tertiary/aromatic N) is 1. The zero-order valence-corrected chi connectivity index (χ0v) is 17.1. The first-order valence-electron chi connectivity index (χ1n) is 9.65. The summed E-state index contributed by atoms with van der Waals surface area (Å²) >= 11 is 5.98. The van der Waals surface area contributed by atoms with E-state index in [4.69, 9.17) is 11.6 Å². The Morgan fingerprint density at radius 1 is 1.29 bits per heavy atom. The molecule has 1 aliphatic carbocycles. The van der Waals surface area contributed by atoms with Crippen LogP contribution in [-0.4, -0.2) is 36.9 Å². The molecule has 1 aliphatic rings. The van der Waals surface area contributed by atoms with E-state index in [2.05, 4.69) is 12.8 Å². The molecular formula is C20H27BClF3N2O. The van der Waals surface area contributed by atoms with E-state index in [0.29, 0.717) is 5.59 Å². The Balaban J connectivity index is 2.37. The van der Waals surface area contributed by atoms with Gasteiger partial charge in [0.2, 0.25) is 0 Å². The Hall–Kier alpha value is -1.50. The van der Waals surface area contributed by atoms with Gasteiger partial charge in [-0.3, -0.25) is 0 Å². The van der Waals surface area contributed by atoms with Gasteiger partial charge in [-0.25, -0.2) is 0 Å². The summed E-state index contributed by atoms with van der Waals surface area (Å²) < 4.78 is 39.6. The van der Waals surface area contributed by atoms with Crippen molar-refractivity contribution < 1.29 is 18.0 Å². The van der Waals surface area contributed by atoms with E-state index in [0.717, 1.165) is 37.8 Å². The molecular weight excluding hydrogens is 387 g/mol. The van der Waals surface area contributed by atoms with Gasteiger partial charge in [0.1, 0.15) is 0 Å². The van der Waals surface area contributed by atoms with Crippen LogP contribution in [0.5, 0.6) is 0 Å². The van der Waals surface area contributed by atoms with Crippen LogP contribution >= 0.6 is 11.6 Å². The van der Waals surface area contributed by atoms with Gasteiger partial charge in [0.15, 0.2) is 0 Å². The van der Waals surface area contributed by atoms with Gasteiger partial charge in [0.05, 0.1) is 0 Å². The molecule has 1 aromatic rings. The Bertz CT molecular complexity index is 690. The number of nitrogens with one attached hydrogen (secondary N) is 1. The fraction of sp³-hybridized carbons (Fsp3) is 0.600. The average Bonchev–Trinajstić information content (AvgIpc) is 2.65. The molecule has 1 N–H and O–H groups in total. The van der Waals surface area contributed by atoms with Crippen LogP contribution in [0.1, 0.15) is 51.5 Å². The zero-order valence-electron chi connectivity index (χ0n) is 16.4. The first-order valence-corrected chi connectivity index (χ1v) is 10.2. The summed E-state index contributed by atoms with van der Waals surface area (Å²) in [5.41, 5.74) is -0.121. The van der Waals surface area contributed by atoms with Crippen LogP contribution < -0.4 is 10.2 Å². The molecule has 1 fully saturated rings. The summed E-state index contributed by atoms with van der Waals surface area (Å²) in [7, 11) is 3.91. The van der Waals surface area contributed by atoms with Crippen LogP contribution in [0.3, 0.4) is 0 Å². The van der Waals surface area contributed by atoms with Crippen molar-refractivity contribution in [1.29, 1.82) is 0 Å². The molecule has 154 valence electrons. The molecule has 0 aromatic heterocycles. The van der Waals surface area contributed by atoms with E-state index >= 15 is 0 Å². The molecule has 1 aromatic carbocycles. The third kappa shape index (κ3) is 5.75. The van der Waals surface area contributed by atoms with Gasteiger partial charge in [-0.2, -0.15) is 0 Å².